The molecule has 2 saturated heterocycles. The topological polar surface area (TPSA) is 103 Å². The molecule has 0 bridgehead atoms. The lowest BCUT2D eigenvalue weighted by atomic mass is 9.95. The van der Waals surface area contributed by atoms with Crippen molar-refractivity contribution in [1.29, 1.82) is 0 Å². The largest absolute Gasteiger partial charge is 0.387 e. The fourth-order valence-corrected chi connectivity index (χ4v) is 4.66. The number of nitrogens with one attached hydrogen (secondary N) is 1. The van der Waals surface area contributed by atoms with Crippen molar-refractivity contribution in [2.24, 2.45) is 0 Å². The maximum absolute atomic E-state index is 12.1. The summed E-state index contributed by atoms with van der Waals surface area (Å²) in [5.41, 5.74) is -2.95. The van der Waals surface area contributed by atoms with Crippen LogP contribution in [0.3, 0.4) is 0 Å². The lowest BCUT2D eigenvalue weighted by molar-refractivity contribution is -0.223. The number of rotatable bonds is 1. The van der Waals surface area contributed by atoms with Gasteiger partial charge in [-0.3, -0.25) is 14.3 Å². The van der Waals surface area contributed by atoms with Crippen molar-refractivity contribution in [3.8, 4) is 0 Å². The van der Waals surface area contributed by atoms with Crippen LogP contribution in [0.25, 0.3) is 0 Å². The van der Waals surface area contributed by atoms with Crippen LogP contribution in [0.15, 0.2) is 21.9 Å². The normalized spacial score (nSPS) is 46.1. The number of aromatic nitrogens is 2. The van der Waals surface area contributed by atoms with E-state index in [1.807, 2.05) is 6.92 Å². The molecule has 23 heavy (non-hydrogen) atoms. The molecule has 2 N–H and O–H groups in total. The van der Waals surface area contributed by atoms with E-state index in [2.05, 4.69) is 4.98 Å². The molecule has 4 aliphatic rings. The molecule has 0 aromatic carbocycles. The van der Waals surface area contributed by atoms with E-state index in [0.717, 1.165) is 25.7 Å². The number of hydrogen-bond donors (Lipinski definition) is 2. The van der Waals surface area contributed by atoms with Gasteiger partial charge in [-0.15, -0.1) is 0 Å². The van der Waals surface area contributed by atoms with Gasteiger partial charge in [-0.2, -0.15) is 0 Å². The number of ether oxygens (including phenoxy) is 3. The van der Waals surface area contributed by atoms with E-state index in [1.165, 1.54) is 16.8 Å². The van der Waals surface area contributed by atoms with Gasteiger partial charge < -0.3 is 19.3 Å². The molecule has 3 heterocycles. The Morgan fingerprint density at radius 2 is 2.04 bits per heavy atom. The van der Waals surface area contributed by atoms with E-state index in [4.69, 9.17) is 14.2 Å². The van der Waals surface area contributed by atoms with Crippen LogP contribution >= 0.6 is 0 Å². The Kier molecular flexibility index (Phi) is 2.39. The maximum Gasteiger partial charge on any atom is 0.330 e. The molecule has 124 valence electrons. The minimum Gasteiger partial charge on any atom is -0.387 e. The first-order chi connectivity index (χ1) is 10.9. The Labute approximate surface area is 131 Å². The molecule has 1 unspecified atom stereocenters. The second kappa shape index (κ2) is 3.94. The molecular formula is C15H18N2O6. The van der Waals surface area contributed by atoms with E-state index in [1.54, 1.807) is 0 Å². The highest BCUT2D eigenvalue weighted by molar-refractivity contribution is 5.34. The highest BCUT2D eigenvalue weighted by Gasteiger charge is 2.89. The van der Waals surface area contributed by atoms with Crippen molar-refractivity contribution in [3.63, 3.8) is 0 Å². The SMILES string of the molecule is C[C@@]12OC3(CCCC3)O[C@@]13C(O)[C@H]3O[C@H]2n1ccc(=O)[nH]c1=O. The molecule has 0 radical (unpaired) electrons. The minimum absolute atomic E-state index is 0.467. The minimum atomic E-state index is -0.983. The van der Waals surface area contributed by atoms with Gasteiger partial charge in [0.05, 0.1) is 0 Å². The molecule has 2 spiro atoms. The lowest BCUT2D eigenvalue weighted by Gasteiger charge is -2.33. The Morgan fingerprint density at radius 3 is 2.74 bits per heavy atom. The van der Waals surface area contributed by atoms with Gasteiger partial charge in [0.2, 0.25) is 0 Å². The summed E-state index contributed by atoms with van der Waals surface area (Å²) < 4.78 is 19.7. The lowest BCUT2D eigenvalue weighted by Crippen LogP contribution is -2.49. The molecule has 5 atom stereocenters. The summed E-state index contributed by atoms with van der Waals surface area (Å²) in [5.74, 6) is -0.696. The zero-order valence-corrected chi connectivity index (χ0v) is 12.7. The van der Waals surface area contributed by atoms with Crippen LogP contribution in [0.4, 0.5) is 0 Å². The van der Waals surface area contributed by atoms with Crippen molar-refractivity contribution in [2.75, 3.05) is 0 Å². The fourth-order valence-electron chi connectivity index (χ4n) is 4.66. The number of nitrogens with zero attached hydrogens (tertiary/aromatic N) is 1. The summed E-state index contributed by atoms with van der Waals surface area (Å²) in [6.45, 7) is 1.82. The molecule has 2 aliphatic carbocycles. The van der Waals surface area contributed by atoms with Crippen molar-refractivity contribution in [1.82, 2.24) is 9.55 Å². The van der Waals surface area contributed by atoms with Crippen molar-refractivity contribution >= 4 is 0 Å². The first-order valence-corrected chi connectivity index (χ1v) is 7.97. The quantitative estimate of drug-likeness (QED) is 0.731. The smallest absolute Gasteiger partial charge is 0.330 e. The molecule has 5 rings (SSSR count). The van der Waals surface area contributed by atoms with E-state index >= 15 is 0 Å². The maximum atomic E-state index is 12.1. The Bertz CT molecular complexity index is 796. The van der Waals surface area contributed by atoms with E-state index in [0.29, 0.717) is 0 Å². The number of hydrogen-bond acceptors (Lipinski definition) is 6. The van der Waals surface area contributed by atoms with Gasteiger partial charge in [0.15, 0.2) is 17.6 Å². The first kappa shape index (κ1) is 13.9. The number of aromatic amines is 1. The fraction of sp³-hybridized carbons (Fsp3) is 0.733. The predicted molar refractivity (Wildman–Crippen MR) is 75.7 cm³/mol. The molecule has 4 fully saturated rings. The van der Waals surface area contributed by atoms with Gasteiger partial charge in [-0.25, -0.2) is 4.79 Å². The summed E-state index contributed by atoms with van der Waals surface area (Å²) in [4.78, 5) is 25.7. The van der Waals surface area contributed by atoms with Crippen molar-refractivity contribution in [3.05, 3.63) is 33.1 Å². The number of H-pyrrole nitrogens is 1. The van der Waals surface area contributed by atoms with Gasteiger partial charge in [-0.05, 0) is 19.8 Å². The Balaban J connectivity index is 1.61. The number of aliphatic hydroxyl groups excluding tert-OH is 1. The van der Waals surface area contributed by atoms with Gasteiger partial charge >= 0.3 is 5.69 Å². The summed E-state index contributed by atoms with van der Waals surface area (Å²) in [7, 11) is 0. The van der Waals surface area contributed by atoms with E-state index < -0.39 is 46.7 Å². The zero-order valence-electron chi connectivity index (χ0n) is 12.7. The van der Waals surface area contributed by atoms with Crippen LogP contribution in [0.2, 0.25) is 0 Å². The Hall–Kier alpha value is -1.48. The van der Waals surface area contributed by atoms with Crippen LogP contribution in [0.1, 0.15) is 38.8 Å². The molecule has 2 aliphatic heterocycles. The average Bonchev–Trinajstić information content (AvgIpc) is 2.86. The van der Waals surface area contributed by atoms with Gasteiger partial charge in [0.25, 0.3) is 5.56 Å². The second-order valence-corrected chi connectivity index (χ2v) is 7.09. The van der Waals surface area contributed by atoms with Crippen molar-refractivity contribution in [2.45, 2.75) is 68.0 Å². The van der Waals surface area contributed by atoms with Gasteiger partial charge in [0, 0.05) is 25.1 Å². The molecular weight excluding hydrogens is 304 g/mol. The van der Waals surface area contributed by atoms with Crippen LogP contribution in [0, 0.1) is 0 Å². The van der Waals surface area contributed by atoms with Crippen LogP contribution in [0.5, 0.6) is 0 Å². The second-order valence-electron chi connectivity index (χ2n) is 7.09. The van der Waals surface area contributed by atoms with Crippen molar-refractivity contribution < 1.29 is 19.3 Å². The monoisotopic (exact) mass is 322 g/mol. The van der Waals surface area contributed by atoms with Gasteiger partial charge in [-0.1, -0.05) is 0 Å². The summed E-state index contributed by atoms with van der Waals surface area (Å²) in [5, 5.41) is 10.3. The summed E-state index contributed by atoms with van der Waals surface area (Å²) in [6.07, 6.45) is 2.94. The van der Waals surface area contributed by atoms with Crippen LogP contribution < -0.4 is 11.2 Å². The molecule has 1 aromatic rings. The third-order valence-corrected chi connectivity index (χ3v) is 5.78. The van der Waals surface area contributed by atoms with E-state index in [-0.39, 0.29) is 0 Å². The Morgan fingerprint density at radius 1 is 1.30 bits per heavy atom. The third kappa shape index (κ3) is 1.46. The highest BCUT2D eigenvalue weighted by atomic mass is 16.8. The zero-order chi connectivity index (χ0) is 16.0. The molecule has 2 saturated carbocycles. The highest BCUT2D eigenvalue weighted by Crippen LogP contribution is 2.70. The van der Waals surface area contributed by atoms with E-state index in [9.17, 15) is 14.7 Å². The predicted octanol–water partition coefficient (Wildman–Crippen LogP) is -0.377. The standard InChI is InChI=1S/C15H18N2O6/c1-13-11(17-7-4-8(18)16-12(17)20)21-10-9(19)15(10,13)23-14(22-13)5-2-3-6-14/h4,7,9-11,19H,2-3,5-6H2,1H3,(H,16,18,20)/t9?,10-,11-,13+,15-/m1/s1. The molecule has 8 nitrogen and oxygen atoms in total. The van der Waals surface area contributed by atoms with Gasteiger partial charge in [0.1, 0.15) is 17.8 Å². The molecule has 8 heteroatoms. The van der Waals surface area contributed by atoms with Crippen LogP contribution in [-0.4, -0.2) is 43.9 Å². The third-order valence-electron chi connectivity index (χ3n) is 5.78. The van der Waals surface area contributed by atoms with Crippen LogP contribution in [-0.2, 0) is 14.2 Å². The molecule has 0 amide bonds. The summed E-state index contributed by atoms with van der Waals surface area (Å²) >= 11 is 0. The number of aliphatic hydroxyl groups is 1. The molecule has 1 aromatic heterocycles. The first-order valence-electron chi connectivity index (χ1n) is 7.97. The average molecular weight is 322 g/mol. The summed E-state index contributed by atoms with van der Waals surface area (Å²) in [6, 6.07) is 1.27.